The summed E-state index contributed by atoms with van der Waals surface area (Å²) in [6, 6.07) is 10.5. The molecule has 25 heavy (non-hydrogen) atoms. The average Bonchev–Trinajstić information content (AvgIpc) is 2.60. The second-order valence-corrected chi connectivity index (χ2v) is 8.29. The minimum absolute atomic E-state index is 0.000456. The van der Waals surface area contributed by atoms with Gasteiger partial charge in [0.05, 0.1) is 19.3 Å². The fraction of sp³-hybridized carbons (Fsp3) is 0.667. The van der Waals surface area contributed by atoms with E-state index in [9.17, 15) is 4.79 Å². The van der Waals surface area contributed by atoms with E-state index in [0.29, 0.717) is 26.1 Å². The quantitative estimate of drug-likeness (QED) is 0.838. The minimum Gasteiger partial charge on any atom is -0.378 e. The third-order valence-electron chi connectivity index (χ3n) is 5.57. The summed E-state index contributed by atoms with van der Waals surface area (Å²) in [7, 11) is 0. The van der Waals surface area contributed by atoms with Crippen molar-refractivity contribution >= 4 is 5.91 Å². The topological polar surface area (TPSA) is 38.8 Å². The van der Waals surface area contributed by atoms with Crippen LogP contribution in [0.4, 0.5) is 0 Å². The standard InChI is InChI=1S/C21H31NO3/c1-17-14-22(15-21(25-17)11-7-13-24-16-21)19(23)10-12-20(2,3)18-8-5-4-6-9-18/h4-6,8-9,17H,7,10-16H2,1-3H3. The molecule has 2 atom stereocenters. The van der Waals surface area contributed by atoms with E-state index >= 15 is 0 Å². The summed E-state index contributed by atoms with van der Waals surface area (Å²) in [6.07, 6.45) is 3.49. The van der Waals surface area contributed by atoms with Gasteiger partial charge < -0.3 is 14.4 Å². The van der Waals surface area contributed by atoms with Crippen LogP contribution in [0, 0.1) is 0 Å². The Morgan fingerprint density at radius 2 is 2.08 bits per heavy atom. The van der Waals surface area contributed by atoms with Gasteiger partial charge in [0.1, 0.15) is 5.60 Å². The average molecular weight is 345 g/mol. The molecule has 2 fully saturated rings. The van der Waals surface area contributed by atoms with Gasteiger partial charge in [-0.15, -0.1) is 0 Å². The normalized spacial score (nSPS) is 27.5. The van der Waals surface area contributed by atoms with Crippen LogP contribution in [0.5, 0.6) is 0 Å². The van der Waals surface area contributed by atoms with Crippen molar-refractivity contribution in [2.75, 3.05) is 26.3 Å². The van der Waals surface area contributed by atoms with Crippen molar-refractivity contribution in [2.24, 2.45) is 0 Å². The fourth-order valence-electron chi connectivity index (χ4n) is 4.07. The van der Waals surface area contributed by atoms with Crippen molar-refractivity contribution in [3.63, 3.8) is 0 Å². The van der Waals surface area contributed by atoms with Crippen molar-refractivity contribution in [1.82, 2.24) is 4.90 Å². The molecule has 0 aromatic heterocycles. The van der Waals surface area contributed by atoms with Crippen LogP contribution in [-0.2, 0) is 19.7 Å². The molecule has 2 aliphatic heterocycles. The van der Waals surface area contributed by atoms with Crippen LogP contribution in [0.15, 0.2) is 30.3 Å². The molecule has 1 amide bonds. The molecule has 2 heterocycles. The third kappa shape index (κ3) is 4.42. The van der Waals surface area contributed by atoms with Gasteiger partial charge in [-0.05, 0) is 37.2 Å². The van der Waals surface area contributed by atoms with Crippen LogP contribution in [0.2, 0.25) is 0 Å². The Bertz CT molecular complexity index is 578. The SMILES string of the molecule is CC1CN(C(=O)CCC(C)(C)c2ccccc2)CC2(CCCOC2)O1. The number of hydrogen-bond acceptors (Lipinski definition) is 3. The van der Waals surface area contributed by atoms with Gasteiger partial charge in [0, 0.05) is 19.6 Å². The summed E-state index contributed by atoms with van der Waals surface area (Å²) in [5.41, 5.74) is 0.997. The lowest BCUT2D eigenvalue weighted by Crippen LogP contribution is -2.59. The number of rotatable bonds is 4. The van der Waals surface area contributed by atoms with Crippen molar-refractivity contribution in [3.05, 3.63) is 35.9 Å². The molecule has 2 aliphatic rings. The monoisotopic (exact) mass is 345 g/mol. The van der Waals surface area contributed by atoms with Gasteiger partial charge >= 0.3 is 0 Å². The zero-order valence-electron chi connectivity index (χ0n) is 15.8. The van der Waals surface area contributed by atoms with Crippen molar-refractivity contribution in [3.8, 4) is 0 Å². The zero-order chi connectivity index (χ0) is 17.9. The summed E-state index contributed by atoms with van der Waals surface area (Å²) in [6.45, 7) is 9.26. The molecule has 0 bridgehead atoms. The highest BCUT2D eigenvalue weighted by Crippen LogP contribution is 2.32. The van der Waals surface area contributed by atoms with E-state index in [2.05, 4.69) is 45.0 Å². The van der Waals surface area contributed by atoms with Gasteiger partial charge in [0.2, 0.25) is 5.91 Å². The van der Waals surface area contributed by atoms with Crippen LogP contribution >= 0.6 is 0 Å². The molecule has 0 aliphatic carbocycles. The number of benzene rings is 1. The molecular weight excluding hydrogens is 314 g/mol. The molecule has 0 saturated carbocycles. The molecule has 0 N–H and O–H groups in total. The highest BCUT2D eigenvalue weighted by Gasteiger charge is 2.42. The highest BCUT2D eigenvalue weighted by atomic mass is 16.6. The highest BCUT2D eigenvalue weighted by molar-refractivity contribution is 5.76. The number of amides is 1. The molecule has 0 radical (unpaired) electrons. The Kier molecular flexibility index (Phi) is 5.49. The molecule has 4 heteroatoms. The molecule has 1 aromatic carbocycles. The van der Waals surface area contributed by atoms with E-state index in [1.165, 1.54) is 5.56 Å². The first kappa shape index (κ1) is 18.4. The maximum atomic E-state index is 12.9. The summed E-state index contributed by atoms with van der Waals surface area (Å²) < 4.78 is 11.8. The van der Waals surface area contributed by atoms with Gasteiger partial charge in [-0.1, -0.05) is 44.2 Å². The molecule has 2 saturated heterocycles. The molecule has 4 nitrogen and oxygen atoms in total. The van der Waals surface area contributed by atoms with Crippen LogP contribution in [0.25, 0.3) is 0 Å². The first-order chi connectivity index (χ1) is 11.9. The number of carbonyl (C=O) groups is 1. The Morgan fingerprint density at radius 1 is 1.32 bits per heavy atom. The molecule has 1 spiro atoms. The van der Waals surface area contributed by atoms with Gasteiger partial charge in [0.25, 0.3) is 0 Å². The molecule has 3 rings (SSSR count). The van der Waals surface area contributed by atoms with Crippen molar-refractivity contribution in [2.45, 2.75) is 63.6 Å². The van der Waals surface area contributed by atoms with E-state index in [1.807, 2.05) is 11.0 Å². The molecule has 2 unspecified atom stereocenters. The van der Waals surface area contributed by atoms with Gasteiger partial charge in [-0.25, -0.2) is 0 Å². The lowest BCUT2D eigenvalue weighted by Gasteiger charge is -2.47. The largest absolute Gasteiger partial charge is 0.378 e. The van der Waals surface area contributed by atoms with Gasteiger partial charge in [-0.3, -0.25) is 4.79 Å². The van der Waals surface area contributed by atoms with E-state index in [-0.39, 0.29) is 23.0 Å². The number of nitrogens with zero attached hydrogens (tertiary/aromatic N) is 1. The third-order valence-corrected chi connectivity index (χ3v) is 5.57. The predicted octanol–water partition coefficient (Wildman–Crippen LogP) is 3.54. The summed E-state index contributed by atoms with van der Waals surface area (Å²) in [5, 5.41) is 0. The van der Waals surface area contributed by atoms with E-state index in [0.717, 1.165) is 25.9 Å². The first-order valence-electron chi connectivity index (χ1n) is 9.49. The summed E-state index contributed by atoms with van der Waals surface area (Å²) in [5.74, 6) is 0.240. The molecular formula is C21H31NO3. The van der Waals surface area contributed by atoms with E-state index < -0.39 is 0 Å². The van der Waals surface area contributed by atoms with Gasteiger partial charge in [0.15, 0.2) is 0 Å². The second kappa shape index (κ2) is 7.46. The maximum Gasteiger partial charge on any atom is 0.222 e. The smallest absolute Gasteiger partial charge is 0.222 e. The first-order valence-corrected chi connectivity index (χ1v) is 9.49. The van der Waals surface area contributed by atoms with E-state index in [4.69, 9.17) is 9.47 Å². The Labute approximate surface area is 151 Å². The predicted molar refractivity (Wildman–Crippen MR) is 98.6 cm³/mol. The molecule has 1 aromatic rings. The number of ether oxygens (including phenoxy) is 2. The lowest BCUT2D eigenvalue weighted by molar-refractivity contribution is -0.199. The maximum absolute atomic E-state index is 12.9. The Balaban J connectivity index is 1.60. The van der Waals surface area contributed by atoms with Crippen LogP contribution < -0.4 is 0 Å². The van der Waals surface area contributed by atoms with Crippen molar-refractivity contribution in [1.29, 1.82) is 0 Å². The number of hydrogen-bond donors (Lipinski definition) is 0. The van der Waals surface area contributed by atoms with Crippen LogP contribution in [0.1, 0.15) is 52.0 Å². The minimum atomic E-state index is -0.291. The van der Waals surface area contributed by atoms with Gasteiger partial charge in [-0.2, -0.15) is 0 Å². The van der Waals surface area contributed by atoms with Crippen LogP contribution in [0.3, 0.4) is 0 Å². The molecule has 138 valence electrons. The number of carbonyl (C=O) groups excluding carboxylic acids is 1. The fourth-order valence-corrected chi connectivity index (χ4v) is 4.07. The second-order valence-electron chi connectivity index (χ2n) is 8.29. The zero-order valence-corrected chi connectivity index (χ0v) is 15.8. The van der Waals surface area contributed by atoms with Crippen molar-refractivity contribution < 1.29 is 14.3 Å². The van der Waals surface area contributed by atoms with E-state index in [1.54, 1.807) is 0 Å². The summed E-state index contributed by atoms with van der Waals surface area (Å²) in [4.78, 5) is 14.9. The Hall–Kier alpha value is -1.39. The Morgan fingerprint density at radius 3 is 2.76 bits per heavy atom. The summed E-state index contributed by atoms with van der Waals surface area (Å²) >= 11 is 0. The lowest BCUT2D eigenvalue weighted by atomic mass is 9.80. The van der Waals surface area contributed by atoms with Crippen LogP contribution in [-0.4, -0.2) is 48.8 Å². The number of morpholine rings is 1.